The molecule has 0 radical (unpaired) electrons. The van der Waals surface area contributed by atoms with Crippen LogP contribution in [0.4, 0.5) is 0 Å². The molecule has 0 saturated heterocycles. The van der Waals surface area contributed by atoms with Crippen LogP contribution >= 0.6 is 11.6 Å². The maximum Gasteiger partial charge on any atom is 0.268 e. The fourth-order valence-electron chi connectivity index (χ4n) is 1.89. The molecular formula is C14H23ClN2O2. The van der Waals surface area contributed by atoms with Gasteiger partial charge in [0.15, 0.2) is 0 Å². The molecule has 108 valence electrons. The lowest BCUT2D eigenvalue weighted by atomic mass is 9.97. The zero-order valence-electron chi connectivity index (χ0n) is 12.0. The summed E-state index contributed by atoms with van der Waals surface area (Å²) in [6, 6.07) is 1.80. The number of nitrogens with one attached hydrogen (secondary N) is 1. The van der Waals surface area contributed by atoms with Crippen molar-refractivity contribution < 1.29 is 9.90 Å². The van der Waals surface area contributed by atoms with Crippen molar-refractivity contribution in [2.24, 2.45) is 0 Å². The lowest BCUT2D eigenvalue weighted by Gasteiger charge is -2.25. The summed E-state index contributed by atoms with van der Waals surface area (Å²) in [5.41, 5.74) is -0.316. The van der Waals surface area contributed by atoms with Crippen molar-refractivity contribution >= 4 is 17.5 Å². The molecule has 1 heterocycles. The molecule has 19 heavy (non-hydrogen) atoms. The highest BCUT2D eigenvalue weighted by molar-refractivity contribution is 6.31. The summed E-state index contributed by atoms with van der Waals surface area (Å²) in [5.74, 6) is -0.207. The van der Waals surface area contributed by atoms with E-state index in [2.05, 4.69) is 5.32 Å². The normalized spacial score (nSPS) is 11.9. The molecule has 0 saturated carbocycles. The molecule has 5 heteroatoms. The molecule has 0 bridgehead atoms. The number of hydrogen-bond acceptors (Lipinski definition) is 2. The van der Waals surface area contributed by atoms with Crippen LogP contribution in [0.3, 0.4) is 0 Å². The number of aromatic nitrogens is 1. The van der Waals surface area contributed by atoms with E-state index in [1.807, 2.05) is 32.3 Å². The topological polar surface area (TPSA) is 54.3 Å². The molecule has 0 spiro atoms. The van der Waals surface area contributed by atoms with E-state index in [1.54, 1.807) is 12.3 Å². The van der Waals surface area contributed by atoms with E-state index in [0.717, 1.165) is 0 Å². The van der Waals surface area contributed by atoms with Gasteiger partial charge in [0, 0.05) is 18.8 Å². The van der Waals surface area contributed by atoms with Crippen molar-refractivity contribution in [3.8, 4) is 0 Å². The Kier molecular flexibility index (Phi) is 5.44. The minimum Gasteiger partial charge on any atom is -0.388 e. The molecular weight excluding hydrogens is 264 g/mol. The minimum absolute atomic E-state index is 0.157. The van der Waals surface area contributed by atoms with Gasteiger partial charge in [-0.15, -0.1) is 0 Å². The van der Waals surface area contributed by atoms with Crippen LogP contribution in [0.1, 0.15) is 57.1 Å². The summed E-state index contributed by atoms with van der Waals surface area (Å²) in [7, 11) is 0. The van der Waals surface area contributed by atoms with Crippen LogP contribution in [-0.2, 0) is 0 Å². The highest BCUT2D eigenvalue weighted by Gasteiger charge is 2.24. The van der Waals surface area contributed by atoms with Gasteiger partial charge >= 0.3 is 0 Å². The van der Waals surface area contributed by atoms with Crippen molar-refractivity contribution in [2.75, 3.05) is 6.54 Å². The first-order valence-corrected chi connectivity index (χ1v) is 7.08. The summed E-state index contributed by atoms with van der Waals surface area (Å²) in [4.78, 5) is 12.2. The van der Waals surface area contributed by atoms with Gasteiger partial charge in [0.2, 0.25) is 0 Å². The standard InChI is InChI=1S/C14H23ClN2O2/c1-5-14(19,6-2)9-16-13(18)12-7-11(15)8-17(12)10(3)4/h7-8,10,19H,5-6,9H2,1-4H3,(H,16,18). The van der Waals surface area contributed by atoms with Crippen LogP contribution in [0, 0.1) is 0 Å². The number of carbonyl (C=O) groups excluding carboxylic acids is 1. The molecule has 0 fully saturated rings. The zero-order chi connectivity index (χ0) is 14.6. The zero-order valence-corrected chi connectivity index (χ0v) is 12.8. The Labute approximate surface area is 119 Å². The summed E-state index contributed by atoms with van der Waals surface area (Å²) >= 11 is 5.95. The van der Waals surface area contributed by atoms with Crippen LogP contribution in [0.5, 0.6) is 0 Å². The Hall–Kier alpha value is -1.00. The quantitative estimate of drug-likeness (QED) is 0.845. The Morgan fingerprint density at radius 1 is 1.47 bits per heavy atom. The van der Waals surface area contributed by atoms with Crippen molar-refractivity contribution in [2.45, 2.75) is 52.2 Å². The van der Waals surface area contributed by atoms with E-state index in [0.29, 0.717) is 23.6 Å². The van der Waals surface area contributed by atoms with Gasteiger partial charge in [0.25, 0.3) is 5.91 Å². The molecule has 4 nitrogen and oxygen atoms in total. The Balaban J connectivity index is 2.79. The summed E-state index contributed by atoms with van der Waals surface area (Å²) in [6.45, 7) is 8.04. The van der Waals surface area contributed by atoms with Gasteiger partial charge < -0.3 is 15.0 Å². The van der Waals surface area contributed by atoms with Gasteiger partial charge in [-0.2, -0.15) is 0 Å². The second-order valence-corrected chi connectivity index (χ2v) is 5.60. The molecule has 0 aliphatic carbocycles. The number of amides is 1. The van der Waals surface area contributed by atoms with Crippen molar-refractivity contribution in [1.29, 1.82) is 0 Å². The fraction of sp³-hybridized carbons (Fsp3) is 0.643. The van der Waals surface area contributed by atoms with Gasteiger partial charge in [-0.1, -0.05) is 25.4 Å². The number of nitrogens with zero attached hydrogens (tertiary/aromatic N) is 1. The second-order valence-electron chi connectivity index (χ2n) is 5.16. The first-order valence-electron chi connectivity index (χ1n) is 6.71. The van der Waals surface area contributed by atoms with E-state index in [-0.39, 0.29) is 18.5 Å². The number of halogens is 1. The lowest BCUT2D eigenvalue weighted by Crippen LogP contribution is -2.42. The molecule has 1 rings (SSSR count). The molecule has 0 aliphatic heterocycles. The Bertz CT molecular complexity index is 437. The Morgan fingerprint density at radius 2 is 2.05 bits per heavy atom. The number of aliphatic hydroxyl groups is 1. The molecule has 0 atom stereocenters. The Morgan fingerprint density at radius 3 is 2.53 bits per heavy atom. The SMILES string of the molecule is CCC(O)(CC)CNC(=O)c1cc(Cl)cn1C(C)C. The third-order valence-corrected chi connectivity index (χ3v) is 3.71. The van der Waals surface area contributed by atoms with Crippen LogP contribution in [0.2, 0.25) is 5.02 Å². The van der Waals surface area contributed by atoms with Crippen LogP contribution in [0.25, 0.3) is 0 Å². The van der Waals surface area contributed by atoms with Crippen LogP contribution < -0.4 is 5.32 Å². The lowest BCUT2D eigenvalue weighted by molar-refractivity contribution is 0.0312. The molecule has 0 unspecified atom stereocenters. The maximum absolute atomic E-state index is 12.2. The molecule has 2 N–H and O–H groups in total. The van der Waals surface area contributed by atoms with Crippen LogP contribution in [-0.4, -0.2) is 27.7 Å². The highest BCUT2D eigenvalue weighted by atomic mass is 35.5. The molecule has 1 aromatic heterocycles. The van der Waals surface area contributed by atoms with Crippen molar-refractivity contribution in [3.05, 3.63) is 23.0 Å². The molecule has 1 amide bonds. The van der Waals surface area contributed by atoms with E-state index < -0.39 is 5.60 Å². The van der Waals surface area contributed by atoms with Gasteiger partial charge in [0.1, 0.15) is 5.69 Å². The predicted molar refractivity (Wildman–Crippen MR) is 77.7 cm³/mol. The smallest absolute Gasteiger partial charge is 0.268 e. The summed E-state index contributed by atoms with van der Waals surface area (Å²) in [6.07, 6.45) is 2.96. The summed E-state index contributed by atoms with van der Waals surface area (Å²) < 4.78 is 1.83. The molecule has 1 aromatic rings. The van der Waals surface area contributed by atoms with E-state index in [9.17, 15) is 9.90 Å². The van der Waals surface area contributed by atoms with Crippen molar-refractivity contribution in [1.82, 2.24) is 9.88 Å². The van der Waals surface area contributed by atoms with E-state index in [4.69, 9.17) is 11.6 Å². The van der Waals surface area contributed by atoms with Gasteiger partial charge in [-0.3, -0.25) is 4.79 Å². The average molecular weight is 287 g/mol. The summed E-state index contributed by atoms with van der Waals surface area (Å²) in [5, 5.41) is 13.5. The highest BCUT2D eigenvalue weighted by Crippen LogP contribution is 2.19. The van der Waals surface area contributed by atoms with E-state index in [1.165, 1.54) is 0 Å². The van der Waals surface area contributed by atoms with E-state index >= 15 is 0 Å². The number of carbonyl (C=O) groups is 1. The number of hydrogen-bond donors (Lipinski definition) is 2. The molecule has 0 aromatic carbocycles. The number of rotatable bonds is 6. The third kappa shape index (κ3) is 3.98. The van der Waals surface area contributed by atoms with Crippen molar-refractivity contribution in [3.63, 3.8) is 0 Å². The third-order valence-electron chi connectivity index (χ3n) is 3.50. The first-order chi connectivity index (χ1) is 8.83. The van der Waals surface area contributed by atoms with Crippen LogP contribution in [0.15, 0.2) is 12.3 Å². The largest absolute Gasteiger partial charge is 0.388 e. The predicted octanol–water partition coefficient (Wildman–Crippen LogP) is 3.00. The van der Waals surface area contributed by atoms with Gasteiger partial charge in [-0.05, 0) is 32.8 Å². The monoisotopic (exact) mass is 286 g/mol. The average Bonchev–Trinajstić information content (AvgIpc) is 2.78. The first kappa shape index (κ1) is 16.1. The second kappa shape index (κ2) is 6.44. The minimum atomic E-state index is -0.839. The van der Waals surface area contributed by atoms with Gasteiger partial charge in [0.05, 0.1) is 10.6 Å². The fourth-order valence-corrected chi connectivity index (χ4v) is 2.10. The maximum atomic E-state index is 12.2. The molecule has 0 aliphatic rings. The van der Waals surface area contributed by atoms with Gasteiger partial charge in [-0.25, -0.2) is 0 Å².